The quantitative estimate of drug-likeness (QED) is 0.330. The van der Waals surface area contributed by atoms with Crippen molar-refractivity contribution < 1.29 is 0 Å². The molecule has 0 unspecified atom stereocenters. The molecule has 0 aromatic heterocycles. The number of unbranched alkanes of at least 4 members (excludes halogenated alkanes) is 2. The van der Waals surface area contributed by atoms with E-state index in [9.17, 15) is 0 Å². The van der Waals surface area contributed by atoms with Gasteiger partial charge in [-0.05, 0) is 26.2 Å². The lowest BCUT2D eigenvalue weighted by Gasteiger charge is -1.86. The zero-order valence-electron chi connectivity index (χ0n) is 6.38. The van der Waals surface area contributed by atoms with Crippen molar-refractivity contribution in [2.45, 2.75) is 26.2 Å². The van der Waals surface area contributed by atoms with Crippen LogP contribution < -0.4 is 0 Å². The molecule has 54 valence electrons. The molecule has 0 amide bonds. The standard InChI is InChI=1S/C9H13N/c1-2-3-4-5-6-7-8-9-10/h2-3,7-8H,4-6H2,1H3/b3-2+,8-7+. The van der Waals surface area contributed by atoms with Crippen LogP contribution in [0.5, 0.6) is 0 Å². The van der Waals surface area contributed by atoms with Crippen molar-refractivity contribution in [3.63, 3.8) is 0 Å². The Kier molecular flexibility index (Phi) is 7.15. The molecule has 0 spiro atoms. The second-order valence-corrected chi connectivity index (χ2v) is 2.03. The molecule has 1 nitrogen and oxygen atoms in total. The second-order valence-electron chi connectivity index (χ2n) is 2.03. The monoisotopic (exact) mass is 135 g/mol. The Bertz CT molecular complexity index is 149. The first-order valence-electron chi connectivity index (χ1n) is 3.57. The molecule has 0 rings (SSSR count). The van der Waals surface area contributed by atoms with Gasteiger partial charge in [-0.25, -0.2) is 0 Å². The molecular weight excluding hydrogens is 122 g/mol. The SMILES string of the molecule is C/C=C/CCC/C=C/C#N. The van der Waals surface area contributed by atoms with E-state index in [2.05, 4.69) is 6.08 Å². The average molecular weight is 135 g/mol. The van der Waals surface area contributed by atoms with Crippen molar-refractivity contribution in [1.82, 2.24) is 0 Å². The molecule has 0 aromatic carbocycles. The zero-order chi connectivity index (χ0) is 7.66. The molecule has 0 radical (unpaired) electrons. The maximum Gasteiger partial charge on any atom is 0.0908 e. The predicted octanol–water partition coefficient (Wildman–Crippen LogP) is 2.81. The first kappa shape index (κ1) is 8.97. The van der Waals surface area contributed by atoms with Crippen LogP contribution in [0.25, 0.3) is 0 Å². The maximum absolute atomic E-state index is 8.12. The molecule has 0 saturated heterocycles. The summed E-state index contributed by atoms with van der Waals surface area (Å²) in [5.74, 6) is 0. The molecule has 0 atom stereocenters. The third-order valence-electron chi connectivity index (χ3n) is 1.17. The van der Waals surface area contributed by atoms with Gasteiger partial charge in [0.2, 0.25) is 0 Å². The van der Waals surface area contributed by atoms with Gasteiger partial charge in [-0.3, -0.25) is 0 Å². The van der Waals surface area contributed by atoms with E-state index in [1.54, 1.807) is 0 Å². The molecule has 0 saturated carbocycles. The van der Waals surface area contributed by atoms with Crippen LogP contribution >= 0.6 is 0 Å². The third kappa shape index (κ3) is 6.97. The van der Waals surface area contributed by atoms with E-state index in [1.807, 2.05) is 25.1 Å². The minimum absolute atomic E-state index is 1.01. The smallest absolute Gasteiger partial charge is 0.0908 e. The fourth-order valence-electron chi connectivity index (χ4n) is 0.656. The summed E-state index contributed by atoms with van der Waals surface area (Å²) >= 11 is 0. The Hall–Kier alpha value is -1.03. The van der Waals surface area contributed by atoms with Crippen LogP contribution in [0, 0.1) is 11.3 Å². The number of nitrogens with zero attached hydrogens (tertiary/aromatic N) is 1. The van der Waals surface area contributed by atoms with Crippen LogP contribution in [-0.2, 0) is 0 Å². The molecular formula is C9H13N. The molecule has 0 aliphatic heterocycles. The fourth-order valence-corrected chi connectivity index (χ4v) is 0.656. The highest BCUT2D eigenvalue weighted by atomic mass is 14.2. The number of rotatable bonds is 4. The average Bonchev–Trinajstić information content (AvgIpc) is 1.97. The van der Waals surface area contributed by atoms with Crippen LogP contribution in [0.1, 0.15) is 26.2 Å². The van der Waals surface area contributed by atoms with Gasteiger partial charge in [0, 0.05) is 6.08 Å². The largest absolute Gasteiger partial charge is 0.193 e. The first-order chi connectivity index (χ1) is 4.91. The van der Waals surface area contributed by atoms with E-state index >= 15 is 0 Å². The van der Waals surface area contributed by atoms with Crippen LogP contribution in [0.15, 0.2) is 24.3 Å². The number of hydrogen-bond donors (Lipinski definition) is 0. The summed E-state index contributed by atoms with van der Waals surface area (Å²) in [7, 11) is 0. The lowest BCUT2D eigenvalue weighted by molar-refractivity contribution is 0.867. The third-order valence-corrected chi connectivity index (χ3v) is 1.17. The Morgan fingerprint density at radius 2 is 2.00 bits per heavy atom. The van der Waals surface area contributed by atoms with Gasteiger partial charge >= 0.3 is 0 Å². The molecule has 10 heavy (non-hydrogen) atoms. The first-order valence-corrected chi connectivity index (χ1v) is 3.57. The van der Waals surface area contributed by atoms with Gasteiger partial charge in [0.15, 0.2) is 0 Å². The van der Waals surface area contributed by atoms with Crippen LogP contribution in [0.3, 0.4) is 0 Å². The maximum atomic E-state index is 8.12. The summed E-state index contributed by atoms with van der Waals surface area (Å²) in [4.78, 5) is 0. The van der Waals surface area contributed by atoms with Crippen LogP contribution in [0.2, 0.25) is 0 Å². The highest BCUT2D eigenvalue weighted by Gasteiger charge is 1.77. The second kappa shape index (κ2) is 7.97. The zero-order valence-corrected chi connectivity index (χ0v) is 6.38. The highest BCUT2D eigenvalue weighted by Crippen LogP contribution is 1.96. The molecule has 0 heterocycles. The van der Waals surface area contributed by atoms with Crippen molar-refractivity contribution in [3.8, 4) is 6.07 Å². The van der Waals surface area contributed by atoms with Gasteiger partial charge in [-0.1, -0.05) is 18.2 Å². The summed E-state index contributed by atoms with van der Waals surface area (Å²) < 4.78 is 0. The molecule has 0 aliphatic rings. The number of hydrogen-bond acceptors (Lipinski definition) is 1. The number of allylic oxidation sites excluding steroid dienone is 4. The summed E-state index contributed by atoms with van der Waals surface area (Å²) in [6.07, 6.45) is 10.9. The molecule has 1 heteroatoms. The minimum atomic E-state index is 1.01. The van der Waals surface area contributed by atoms with Gasteiger partial charge in [0.1, 0.15) is 0 Å². The van der Waals surface area contributed by atoms with E-state index in [-0.39, 0.29) is 0 Å². The summed E-state index contributed by atoms with van der Waals surface area (Å²) in [5, 5.41) is 8.12. The van der Waals surface area contributed by atoms with Crippen molar-refractivity contribution in [2.75, 3.05) is 0 Å². The van der Waals surface area contributed by atoms with Gasteiger partial charge in [-0.2, -0.15) is 5.26 Å². The van der Waals surface area contributed by atoms with Gasteiger partial charge < -0.3 is 0 Å². The minimum Gasteiger partial charge on any atom is -0.193 e. The van der Waals surface area contributed by atoms with Crippen LogP contribution in [-0.4, -0.2) is 0 Å². The van der Waals surface area contributed by atoms with Crippen molar-refractivity contribution >= 4 is 0 Å². The van der Waals surface area contributed by atoms with E-state index in [0.29, 0.717) is 0 Å². The Morgan fingerprint density at radius 1 is 1.30 bits per heavy atom. The fraction of sp³-hybridized carbons (Fsp3) is 0.444. The summed E-state index contributed by atoms with van der Waals surface area (Å²) in [5.41, 5.74) is 0. The normalized spacial score (nSPS) is 10.8. The van der Waals surface area contributed by atoms with Crippen molar-refractivity contribution in [3.05, 3.63) is 24.3 Å². The predicted molar refractivity (Wildman–Crippen MR) is 43.4 cm³/mol. The summed E-state index contributed by atoms with van der Waals surface area (Å²) in [6, 6.07) is 1.96. The van der Waals surface area contributed by atoms with E-state index in [1.165, 1.54) is 6.08 Å². The molecule has 0 aliphatic carbocycles. The van der Waals surface area contributed by atoms with Crippen molar-refractivity contribution in [1.29, 1.82) is 5.26 Å². The van der Waals surface area contributed by atoms with Gasteiger partial charge in [0.05, 0.1) is 6.07 Å². The lowest BCUT2D eigenvalue weighted by atomic mass is 10.2. The molecule has 0 fully saturated rings. The Balaban J connectivity index is 3.07. The van der Waals surface area contributed by atoms with E-state index in [0.717, 1.165) is 19.3 Å². The summed E-state index contributed by atoms with van der Waals surface area (Å²) in [6.45, 7) is 2.02. The van der Waals surface area contributed by atoms with E-state index < -0.39 is 0 Å². The lowest BCUT2D eigenvalue weighted by Crippen LogP contribution is -1.67. The van der Waals surface area contributed by atoms with Gasteiger partial charge in [0.25, 0.3) is 0 Å². The molecule has 0 aromatic rings. The Labute approximate surface area is 62.7 Å². The van der Waals surface area contributed by atoms with E-state index in [4.69, 9.17) is 5.26 Å². The van der Waals surface area contributed by atoms with Crippen LogP contribution in [0.4, 0.5) is 0 Å². The Morgan fingerprint density at radius 3 is 2.60 bits per heavy atom. The topological polar surface area (TPSA) is 23.8 Å². The highest BCUT2D eigenvalue weighted by molar-refractivity contribution is 5.01. The van der Waals surface area contributed by atoms with Gasteiger partial charge in [-0.15, -0.1) is 0 Å². The molecule has 0 bridgehead atoms. The van der Waals surface area contributed by atoms with Crippen molar-refractivity contribution in [2.24, 2.45) is 0 Å². The molecule has 0 N–H and O–H groups in total. The number of nitriles is 1.